The summed E-state index contributed by atoms with van der Waals surface area (Å²) in [6.07, 6.45) is 0. The largest absolute Gasteiger partial charge is 0.508 e. The molecule has 0 atom stereocenters. The molecule has 0 saturated heterocycles. The summed E-state index contributed by atoms with van der Waals surface area (Å²) in [5, 5.41) is 8.98. The van der Waals surface area contributed by atoms with Crippen LogP contribution < -0.4 is 4.74 Å². The number of benzene rings is 1. The number of hydrogen-bond acceptors (Lipinski definition) is 4. The lowest BCUT2D eigenvalue weighted by Gasteiger charge is -2.05. The Bertz CT molecular complexity index is 409. The van der Waals surface area contributed by atoms with Crippen LogP contribution >= 0.6 is 0 Å². The Balaban J connectivity index is 3.39. The van der Waals surface area contributed by atoms with Crippen molar-refractivity contribution in [3.63, 3.8) is 0 Å². The molecule has 0 aromatic heterocycles. The van der Waals surface area contributed by atoms with Crippen LogP contribution in [-0.2, 0) is 10.1 Å². The topological polar surface area (TPSA) is 83.8 Å². The number of methoxy groups -OCH3 is 1. The first-order valence-corrected chi connectivity index (χ1v) is 4.73. The lowest BCUT2D eigenvalue weighted by molar-refractivity contribution is 0.391. The van der Waals surface area contributed by atoms with Crippen LogP contribution in [0.1, 0.15) is 0 Å². The highest BCUT2D eigenvalue weighted by Gasteiger charge is 2.16. The maximum Gasteiger partial charge on any atom is 0.298 e. The molecule has 1 rings (SSSR count). The highest BCUT2D eigenvalue weighted by molar-refractivity contribution is 7.86. The molecule has 0 saturated carbocycles. The van der Waals surface area contributed by atoms with Crippen molar-refractivity contribution in [2.45, 2.75) is 4.90 Å². The van der Waals surface area contributed by atoms with E-state index in [1.165, 1.54) is 7.11 Å². The van der Waals surface area contributed by atoms with Gasteiger partial charge in [-0.3, -0.25) is 4.55 Å². The van der Waals surface area contributed by atoms with Crippen molar-refractivity contribution in [2.75, 3.05) is 7.11 Å². The summed E-state index contributed by atoms with van der Waals surface area (Å²) < 4.78 is 34.8. The Kier molecular flexibility index (Phi) is 2.44. The van der Waals surface area contributed by atoms with Gasteiger partial charge in [0.05, 0.1) is 7.11 Å². The minimum absolute atomic E-state index is 0.0949. The van der Waals surface area contributed by atoms with Gasteiger partial charge in [0, 0.05) is 6.07 Å². The van der Waals surface area contributed by atoms with Crippen molar-refractivity contribution in [3.8, 4) is 11.5 Å². The number of phenols is 1. The van der Waals surface area contributed by atoms with Gasteiger partial charge < -0.3 is 9.84 Å². The van der Waals surface area contributed by atoms with Crippen LogP contribution in [0.5, 0.6) is 11.5 Å². The zero-order chi connectivity index (χ0) is 10.1. The summed E-state index contributed by atoms with van der Waals surface area (Å²) in [5.41, 5.74) is 0. The van der Waals surface area contributed by atoms with E-state index in [0.717, 1.165) is 18.2 Å². The third-order valence-electron chi connectivity index (χ3n) is 1.43. The van der Waals surface area contributed by atoms with Crippen molar-refractivity contribution in [2.24, 2.45) is 0 Å². The number of ether oxygens (including phenoxy) is 1. The molecule has 1 aromatic carbocycles. The second-order valence-corrected chi connectivity index (χ2v) is 3.70. The van der Waals surface area contributed by atoms with Crippen LogP contribution in [-0.4, -0.2) is 25.2 Å². The molecule has 72 valence electrons. The van der Waals surface area contributed by atoms with E-state index in [4.69, 9.17) is 9.66 Å². The van der Waals surface area contributed by atoms with Crippen molar-refractivity contribution in [1.82, 2.24) is 0 Å². The molecular weight excluding hydrogens is 196 g/mol. The summed E-state index contributed by atoms with van der Waals surface area (Å²) in [7, 11) is -3.06. The third-order valence-corrected chi connectivity index (χ3v) is 2.32. The smallest absolute Gasteiger partial charge is 0.298 e. The lowest BCUT2D eigenvalue weighted by atomic mass is 10.3. The van der Waals surface area contributed by atoms with Crippen molar-refractivity contribution < 1.29 is 22.8 Å². The molecule has 0 spiro atoms. The molecule has 0 unspecified atom stereocenters. The summed E-state index contributed by atoms with van der Waals surface area (Å²) in [4.78, 5) is -0.368. The monoisotopic (exact) mass is 204 g/mol. The van der Waals surface area contributed by atoms with E-state index >= 15 is 0 Å². The SMILES string of the molecule is COc1cc(O)ccc1S(=O)(=O)O. The van der Waals surface area contributed by atoms with Gasteiger partial charge in [0.1, 0.15) is 16.4 Å². The molecule has 0 aliphatic heterocycles. The first kappa shape index (κ1) is 9.82. The van der Waals surface area contributed by atoms with Crippen LogP contribution in [0.4, 0.5) is 0 Å². The molecule has 6 heteroatoms. The molecule has 5 nitrogen and oxygen atoms in total. The van der Waals surface area contributed by atoms with Gasteiger partial charge in [-0.05, 0) is 12.1 Å². The van der Waals surface area contributed by atoms with E-state index in [2.05, 4.69) is 4.74 Å². The van der Waals surface area contributed by atoms with Crippen LogP contribution in [0.25, 0.3) is 0 Å². The van der Waals surface area contributed by atoms with Gasteiger partial charge >= 0.3 is 0 Å². The Hall–Kier alpha value is -1.27. The average Bonchev–Trinajstić information content (AvgIpc) is 2.01. The number of rotatable bonds is 2. The standard InChI is InChI=1S/C7H8O5S/c1-12-6-4-5(8)2-3-7(6)13(9,10)11/h2-4,8H,1H3,(H,9,10,11). The Morgan fingerprint density at radius 1 is 1.38 bits per heavy atom. The number of hydrogen-bond donors (Lipinski definition) is 2. The molecule has 13 heavy (non-hydrogen) atoms. The fourth-order valence-electron chi connectivity index (χ4n) is 0.869. The van der Waals surface area contributed by atoms with E-state index in [1.54, 1.807) is 0 Å². The summed E-state index contributed by atoms with van der Waals surface area (Å²) in [6.45, 7) is 0. The normalized spacial score (nSPS) is 11.2. The van der Waals surface area contributed by atoms with E-state index in [0.29, 0.717) is 0 Å². The molecule has 0 aliphatic carbocycles. The summed E-state index contributed by atoms with van der Waals surface area (Å²) >= 11 is 0. The minimum Gasteiger partial charge on any atom is -0.508 e. The second kappa shape index (κ2) is 3.23. The van der Waals surface area contributed by atoms with Gasteiger partial charge in [0.15, 0.2) is 0 Å². The van der Waals surface area contributed by atoms with Gasteiger partial charge in [-0.2, -0.15) is 8.42 Å². The zero-order valence-electron chi connectivity index (χ0n) is 6.76. The second-order valence-electron chi connectivity index (χ2n) is 2.31. The highest BCUT2D eigenvalue weighted by Crippen LogP contribution is 2.27. The summed E-state index contributed by atoms with van der Waals surface area (Å²) in [6, 6.07) is 3.30. The number of phenolic OH excluding ortho intramolecular Hbond substituents is 1. The van der Waals surface area contributed by atoms with Crippen LogP contribution in [0.2, 0.25) is 0 Å². The van der Waals surface area contributed by atoms with Crippen molar-refractivity contribution in [3.05, 3.63) is 18.2 Å². The molecule has 0 aliphatic rings. The Morgan fingerprint density at radius 2 is 2.00 bits per heavy atom. The van der Waals surface area contributed by atoms with Gasteiger partial charge in [-0.15, -0.1) is 0 Å². The molecule has 0 heterocycles. The first-order chi connectivity index (χ1) is 5.95. The summed E-state index contributed by atoms with van der Waals surface area (Å²) in [5.74, 6) is -0.230. The fraction of sp³-hybridized carbons (Fsp3) is 0.143. The van der Waals surface area contributed by atoms with Crippen molar-refractivity contribution >= 4 is 10.1 Å². The Labute approximate surface area is 75.3 Å². The zero-order valence-corrected chi connectivity index (χ0v) is 7.58. The third kappa shape index (κ3) is 2.10. The van der Waals surface area contributed by atoms with E-state index < -0.39 is 10.1 Å². The van der Waals surface area contributed by atoms with E-state index in [9.17, 15) is 8.42 Å². The van der Waals surface area contributed by atoms with Crippen LogP contribution in [0.15, 0.2) is 23.1 Å². The molecule has 2 N–H and O–H groups in total. The quantitative estimate of drug-likeness (QED) is 0.691. The van der Waals surface area contributed by atoms with Crippen LogP contribution in [0, 0.1) is 0 Å². The first-order valence-electron chi connectivity index (χ1n) is 3.29. The van der Waals surface area contributed by atoms with Crippen LogP contribution in [0.3, 0.4) is 0 Å². The molecular formula is C7H8O5S. The highest BCUT2D eigenvalue weighted by atomic mass is 32.2. The lowest BCUT2D eigenvalue weighted by Crippen LogP contribution is -2.00. The maximum atomic E-state index is 10.7. The maximum absolute atomic E-state index is 10.7. The van der Waals surface area contributed by atoms with Gasteiger partial charge in [0.2, 0.25) is 0 Å². The van der Waals surface area contributed by atoms with E-state index in [-0.39, 0.29) is 16.4 Å². The molecule has 1 aromatic rings. The average molecular weight is 204 g/mol. The molecule has 0 amide bonds. The van der Waals surface area contributed by atoms with Crippen molar-refractivity contribution in [1.29, 1.82) is 0 Å². The Morgan fingerprint density at radius 3 is 2.46 bits per heavy atom. The minimum atomic E-state index is -4.30. The molecule has 0 bridgehead atoms. The van der Waals surface area contributed by atoms with E-state index in [1.807, 2.05) is 0 Å². The van der Waals surface area contributed by atoms with Gasteiger partial charge in [0.25, 0.3) is 10.1 Å². The fourth-order valence-corrected chi connectivity index (χ4v) is 1.51. The molecule has 0 fully saturated rings. The number of aromatic hydroxyl groups is 1. The van der Waals surface area contributed by atoms with Gasteiger partial charge in [-0.25, -0.2) is 0 Å². The predicted octanol–water partition coefficient (Wildman–Crippen LogP) is 0.648. The predicted molar refractivity (Wildman–Crippen MR) is 44.5 cm³/mol. The van der Waals surface area contributed by atoms with Gasteiger partial charge in [-0.1, -0.05) is 0 Å². The molecule has 0 radical (unpaired) electrons.